The molecular formula is C7H8INO. The number of aldehydes is 1. The number of carbonyl (C=O) groups excluding carboxylic acids is 1. The number of hydrogen-bond acceptors (Lipinski definition) is 1. The van der Waals surface area contributed by atoms with Crippen molar-refractivity contribution in [3.63, 3.8) is 0 Å². The summed E-state index contributed by atoms with van der Waals surface area (Å²) in [5, 5.41) is 0. The largest absolute Gasteiger partial charge is 1.00 e. The average Bonchev–Trinajstić information content (AvgIpc) is 1.89. The zero-order chi connectivity index (χ0) is 6.69. The van der Waals surface area contributed by atoms with Crippen LogP contribution < -0.4 is 28.5 Å². The summed E-state index contributed by atoms with van der Waals surface area (Å²) in [4.78, 5) is 10.2. The molecule has 0 aliphatic rings. The maximum absolute atomic E-state index is 10.2. The van der Waals surface area contributed by atoms with Gasteiger partial charge in [0.15, 0.2) is 6.20 Å². The second-order valence-electron chi connectivity index (χ2n) is 1.85. The van der Waals surface area contributed by atoms with Crippen LogP contribution in [-0.2, 0) is 7.05 Å². The summed E-state index contributed by atoms with van der Waals surface area (Å²) in [5.41, 5.74) is 0.692. The molecule has 0 radical (unpaired) electrons. The van der Waals surface area contributed by atoms with Gasteiger partial charge in [-0.15, -0.1) is 0 Å². The first-order valence-electron chi connectivity index (χ1n) is 2.74. The van der Waals surface area contributed by atoms with Crippen molar-refractivity contribution in [1.29, 1.82) is 0 Å². The number of aromatic nitrogens is 1. The van der Waals surface area contributed by atoms with Crippen molar-refractivity contribution in [2.24, 2.45) is 7.05 Å². The lowest BCUT2D eigenvalue weighted by Gasteiger charge is -1.86. The minimum absolute atomic E-state index is 0. The highest BCUT2D eigenvalue weighted by Crippen LogP contribution is 1.82. The second-order valence-corrected chi connectivity index (χ2v) is 1.85. The average molecular weight is 249 g/mol. The van der Waals surface area contributed by atoms with Crippen LogP contribution in [0.3, 0.4) is 0 Å². The summed E-state index contributed by atoms with van der Waals surface area (Å²) in [6, 6.07) is 5.49. The smallest absolute Gasteiger partial charge is 0.245 e. The molecule has 0 spiro atoms. The third-order valence-corrected chi connectivity index (χ3v) is 1.22. The third-order valence-electron chi connectivity index (χ3n) is 1.22. The summed E-state index contributed by atoms with van der Waals surface area (Å²) in [7, 11) is 1.84. The summed E-state index contributed by atoms with van der Waals surface area (Å²) in [6.07, 6.45) is 2.67. The van der Waals surface area contributed by atoms with Crippen molar-refractivity contribution < 1.29 is 33.3 Å². The van der Waals surface area contributed by atoms with E-state index in [4.69, 9.17) is 0 Å². The van der Waals surface area contributed by atoms with Crippen LogP contribution in [0, 0.1) is 0 Å². The van der Waals surface area contributed by atoms with Gasteiger partial charge in [-0.1, -0.05) is 0 Å². The predicted molar refractivity (Wildman–Crippen MR) is 33.0 cm³/mol. The molecule has 0 bridgehead atoms. The van der Waals surface area contributed by atoms with Gasteiger partial charge in [0.05, 0.1) is 0 Å². The number of pyridine rings is 1. The van der Waals surface area contributed by atoms with E-state index in [1.54, 1.807) is 10.6 Å². The van der Waals surface area contributed by atoms with Crippen LogP contribution in [0.1, 0.15) is 10.5 Å². The Morgan fingerprint density at radius 3 is 2.60 bits per heavy atom. The van der Waals surface area contributed by atoms with E-state index in [0.29, 0.717) is 5.69 Å². The van der Waals surface area contributed by atoms with Gasteiger partial charge in [-0.05, 0) is 6.07 Å². The molecular weight excluding hydrogens is 241 g/mol. The fourth-order valence-electron chi connectivity index (χ4n) is 0.659. The number of hydrogen-bond donors (Lipinski definition) is 0. The lowest BCUT2D eigenvalue weighted by molar-refractivity contribution is -0.672. The van der Waals surface area contributed by atoms with Crippen molar-refractivity contribution >= 4 is 6.29 Å². The van der Waals surface area contributed by atoms with E-state index >= 15 is 0 Å². The fraction of sp³-hybridized carbons (Fsp3) is 0.143. The predicted octanol–water partition coefficient (Wildman–Crippen LogP) is -2.67. The van der Waals surface area contributed by atoms with Gasteiger partial charge in [0.1, 0.15) is 7.05 Å². The summed E-state index contributed by atoms with van der Waals surface area (Å²) in [5.74, 6) is 0. The Morgan fingerprint density at radius 2 is 2.20 bits per heavy atom. The van der Waals surface area contributed by atoms with E-state index in [-0.39, 0.29) is 24.0 Å². The Balaban J connectivity index is 0.000000810. The maximum Gasteiger partial charge on any atom is 0.245 e. The molecule has 0 fully saturated rings. The Labute approximate surface area is 76.9 Å². The van der Waals surface area contributed by atoms with E-state index in [2.05, 4.69) is 0 Å². The Morgan fingerprint density at radius 1 is 1.50 bits per heavy atom. The number of nitrogens with zero attached hydrogens (tertiary/aromatic N) is 1. The lowest BCUT2D eigenvalue weighted by atomic mass is 10.4. The number of halogens is 1. The molecule has 0 aliphatic carbocycles. The minimum Gasteiger partial charge on any atom is -1.00 e. The van der Waals surface area contributed by atoms with E-state index in [0.717, 1.165) is 6.29 Å². The molecule has 1 heterocycles. The Bertz CT molecular complexity index is 225. The van der Waals surface area contributed by atoms with Gasteiger partial charge in [0.2, 0.25) is 12.0 Å². The van der Waals surface area contributed by atoms with E-state index in [1.807, 2.05) is 25.4 Å². The molecule has 0 N–H and O–H groups in total. The third kappa shape index (κ3) is 2.06. The highest BCUT2D eigenvalue weighted by molar-refractivity contribution is 5.69. The van der Waals surface area contributed by atoms with Crippen molar-refractivity contribution in [3.05, 3.63) is 30.1 Å². The van der Waals surface area contributed by atoms with Crippen LogP contribution in [0.15, 0.2) is 24.4 Å². The molecule has 54 valence electrons. The van der Waals surface area contributed by atoms with Crippen molar-refractivity contribution in [1.82, 2.24) is 0 Å². The number of aryl methyl sites for hydroxylation is 1. The molecule has 10 heavy (non-hydrogen) atoms. The van der Waals surface area contributed by atoms with Gasteiger partial charge in [-0.2, -0.15) is 4.57 Å². The topological polar surface area (TPSA) is 20.9 Å². The normalized spacial score (nSPS) is 8.10. The quantitative estimate of drug-likeness (QED) is 0.302. The van der Waals surface area contributed by atoms with Crippen molar-refractivity contribution in [3.8, 4) is 0 Å². The number of rotatable bonds is 1. The molecule has 1 aromatic heterocycles. The minimum atomic E-state index is 0. The van der Waals surface area contributed by atoms with Crippen LogP contribution >= 0.6 is 0 Å². The van der Waals surface area contributed by atoms with Crippen LogP contribution in [0.5, 0.6) is 0 Å². The highest BCUT2D eigenvalue weighted by Gasteiger charge is 1.98. The molecule has 0 atom stereocenters. The molecule has 0 saturated carbocycles. The number of carbonyl (C=O) groups is 1. The Kier molecular flexibility index (Phi) is 4.18. The summed E-state index contributed by atoms with van der Waals surface area (Å²) < 4.78 is 1.77. The van der Waals surface area contributed by atoms with E-state index < -0.39 is 0 Å². The van der Waals surface area contributed by atoms with Gasteiger partial charge >= 0.3 is 0 Å². The Hall–Kier alpha value is -0.450. The lowest BCUT2D eigenvalue weighted by Crippen LogP contribution is -3.00. The van der Waals surface area contributed by atoms with Gasteiger partial charge < -0.3 is 24.0 Å². The van der Waals surface area contributed by atoms with Gasteiger partial charge in [0, 0.05) is 12.1 Å². The summed E-state index contributed by atoms with van der Waals surface area (Å²) in [6.45, 7) is 0. The molecule has 1 rings (SSSR count). The first-order chi connectivity index (χ1) is 4.34. The monoisotopic (exact) mass is 249 g/mol. The zero-order valence-electron chi connectivity index (χ0n) is 5.62. The fourth-order valence-corrected chi connectivity index (χ4v) is 0.659. The van der Waals surface area contributed by atoms with Gasteiger partial charge in [-0.25, -0.2) is 0 Å². The highest BCUT2D eigenvalue weighted by atomic mass is 127. The van der Waals surface area contributed by atoms with E-state index in [1.165, 1.54) is 0 Å². The second kappa shape index (κ2) is 4.38. The van der Waals surface area contributed by atoms with Crippen LogP contribution in [0.25, 0.3) is 0 Å². The van der Waals surface area contributed by atoms with E-state index in [9.17, 15) is 4.79 Å². The van der Waals surface area contributed by atoms with Crippen LogP contribution in [0.4, 0.5) is 0 Å². The van der Waals surface area contributed by atoms with Crippen molar-refractivity contribution in [2.75, 3.05) is 0 Å². The standard InChI is InChI=1S/C7H8NO.HI/c1-8-5-3-2-4-7(8)6-9;/h2-6H,1H3;1H/q+1;/p-1. The maximum atomic E-state index is 10.2. The molecule has 3 heteroatoms. The first kappa shape index (κ1) is 9.55. The molecule has 1 aromatic rings. The van der Waals surface area contributed by atoms with Crippen LogP contribution in [-0.4, -0.2) is 6.29 Å². The molecule has 0 amide bonds. The van der Waals surface area contributed by atoms with Gasteiger partial charge in [-0.3, -0.25) is 4.79 Å². The molecule has 0 unspecified atom stereocenters. The zero-order valence-corrected chi connectivity index (χ0v) is 7.78. The first-order valence-corrected chi connectivity index (χ1v) is 2.74. The summed E-state index contributed by atoms with van der Waals surface area (Å²) >= 11 is 0. The molecule has 0 aromatic carbocycles. The van der Waals surface area contributed by atoms with Crippen molar-refractivity contribution in [2.45, 2.75) is 0 Å². The van der Waals surface area contributed by atoms with Crippen LogP contribution in [0.2, 0.25) is 0 Å². The SMILES string of the molecule is C[n+]1ccccc1C=O.[I-]. The molecule has 0 aliphatic heterocycles. The molecule has 0 saturated heterocycles. The molecule has 2 nitrogen and oxygen atoms in total. The van der Waals surface area contributed by atoms with Gasteiger partial charge in [0.25, 0.3) is 0 Å².